The van der Waals surface area contributed by atoms with Crippen molar-refractivity contribution < 1.29 is 9.53 Å². The van der Waals surface area contributed by atoms with Crippen molar-refractivity contribution in [2.75, 3.05) is 13.2 Å². The number of hydrogen-bond acceptors (Lipinski definition) is 3. The highest BCUT2D eigenvalue weighted by Gasteiger charge is 2.42. The van der Waals surface area contributed by atoms with E-state index in [4.69, 9.17) is 10.5 Å². The van der Waals surface area contributed by atoms with Crippen molar-refractivity contribution in [1.82, 2.24) is 5.32 Å². The summed E-state index contributed by atoms with van der Waals surface area (Å²) < 4.78 is 5.41. The second kappa shape index (κ2) is 6.17. The van der Waals surface area contributed by atoms with Gasteiger partial charge in [0.2, 0.25) is 5.91 Å². The molecule has 1 fully saturated rings. The van der Waals surface area contributed by atoms with Crippen LogP contribution >= 0.6 is 0 Å². The van der Waals surface area contributed by atoms with Crippen molar-refractivity contribution in [3.8, 4) is 0 Å². The molecule has 2 unspecified atom stereocenters. The Kier molecular flexibility index (Phi) is 5.15. The van der Waals surface area contributed by atoms with Crippen molar-refractivity contribution in [1.29, 1.82) is 0 Å². The fourth-order valence-corrected chi connectivity index (χ4v) is 1.83. The van der Waals surface area contributed by atoms with Gasteiger partial charge in [-0.1, -0.05) is 6.08 Å². The minimum atomic E-state index is -0.431. The van der Waals surface area contributed by atoms with Crippen LogP contribution in [0, 0.1) is 5.92 Å². The molecule has 4 heteroatoms. The summed E-state index contributed by atoms with van der Waals surface area (Å²) in [5.74, 6) is 0.450. The lowest BCUT2D eigenvalue weighted by Crippen LogP contribution is -2.55. The van der Waals surface area contributed by atoms with E-state index in [1.165, 1.54) is 0 Å². The van der Waals surface area contributed by atoms with E-state index in [9.17, 15) is 4.79 Å². The number of rotatable bonds is 8. The van der Waals surface area contributed by atoms with E-state index in [2.05, 4.69) is 11.9 Å². The Morgan fingerprint density at radius 3 is 2.82 bits per heavy atom. The van der Waals surface area contributed by atoms with Gasteiger partial charge in [0, 0.05) is 6.54 Å². The van der Waals surface area contributed by atoms with E-state index in [0.717, 1.165) is 19.3 Å². The number of nitrogens with two attached hydrogens (primary N) is 1. The van der Waals surface area contributed by atoms with Crippen LogP contribution in [-0.4, -0.2) is 30.7 Å². The fraction of sp³-hybridized carbons (Fsp3) is 0.769. The van der Waals surface area contributed by atoms with Crippen LogP contribution in [0.25, 0.3) is 0 Å². The smallest absolute Gasteiger partial charge is 0.249 e. The van der Waals surface area contributed by atoms with Crippen LogP contribution in [0.1, 0.15) is 33.1 Å². The van der Waals surface area contributed by atoms with Gasteiger partial charge in [0.25, 0.3) is 0 Å². The number of amides is 1. The predicted octanol–water partition coefficient (Wildman–Crippen LogP) is 1.21. The van der Waals surface area contributed by atoms with Gasteiger partial charge in [-0.2, -0.15) is 0 Å². The van der Waals surface area contributed by atoms with Crippen molar-refractivity contribution >= 4 is 5.91 Å². The second-order valence-corrected chi connectivity index (χ2v) is 4.98. The quantitative estimate of drug-likeness (QED) is 0.495. The molecule has 1 saturated carbocycles. The molecular formula is C13H24N2O2. The van der Waals surface area contributed by atoms with Crippen molar-refractivity contribution in [2.24, 2.45) is 11.7 Å². The van der Waals surface area contributed by atoms with Crippen molar-refractivity contribution in [2.45, 2.75) is 44.8 Å². The van der Waals surface area contributed by atoms with Crippen molar-refractivity contribution in [3.05, 3.63) is 12.7 Å². The molecule has 0 saturated heterocycles. The molecule has 17 heavy (non-hydrogen) atoms. The highest BCUT2D eigenvalue weighted by atomic mass is 16.5. The molecule has 2 atom stereocenters. The first-order valence-corrected chi connectivity index (χ1v) is 6.28. The topological polar surface area (TPSA) is 64.3 Å². The number of ether oxygens (including phenoxy) is 1. The van der Waals surface area contributed by atoms with Crippen LogP contribution < -0.4 is 11.1 Å². The van der Waals surface area contributed by atoms with Gasteiger partial charge in [0.15, 0.2) is 0 Å². The van der Waals surface area contributed by atoms with Gasteiger partial charge >= 0.3 is 0 Å². The first kappa shape index (κ1) is 14.2. The van der Waals surface area contributed by atoms with Gasteiger partial charge in [0.1, 0.15) is 6.10 Å². The molecule has 0 spiro atoms. The third-order valence-corrected chi connectivity index (χ3v) is 3.37. The fourth-order valence-electron chi connectivity index (χ4n) is 1.83. The highest BCUT2D eigenvalue weighted by molar-refractivity contribution is 5.81. The number of nitrogens with one attached hydrogen (secondary N) is 1. The van der Waals surface area contributed by atoms with Crippen LogP contribution in [0.5, 0.6) is 0 Å². The number of carbonyl (C=O) groups is 1. The average molecular weight is 240 g/mol. The summed E-state index contributed by atoms with van der Waals surface area (Å²) in [6.07, 6.45) is 4.41. The molecule has 1 aliphatic carbocycles. The Balaban J connectivity index is 2.38. The minimum Gasteiger partial charge on any atom is -0.368 e. The molecule has 1 rings (SSSR count). The Labute approximate surface area is 104 Å². The first-order valence-electron chi connectivity index (χ1n) is 6.28. The molecule has 0 aromatic rings. The molecule has 98 valence electrons. The Hall–Kier alpha value is -0.870. The first-order chi connectivity index (χ1) is 8.03. The summed E-state index contributed by atoms with van der Waals surface area (Å²) in [7, 11) is 0. The van der Waals surface area contributed by atoms with E-state index in [-0.39, 0.29) is 11.4 Å². The summed E-state index contributed by atoms with van der Waals surface area (Å²) in [4.78, 5) is 11.9. The summed E-state index contributed by atoms with van der Waals surface area (Å²) in [6.45, 7) is 8.39. The van der Waals surface area contributed by atoms with Crippen LogP contribution in [0.15, 0.2) is 12.7 Å². The highest BCUT2D eigenvalue weighted by Crippen LogP contribution is 2.38. The lowest BCUT2D eigenvalue weighted by Gasteiger charge is -2.30. The minimum absolute atomic E-state index is 0.0751. The molecule has 0 heterocycles. The maximum absolute atomic E-state index is 11.9. The zero-order valence-corrected chi connectivity index (χ0v) is 10.9. The Bertz CT molecular complexity index is 277. The van der Waals surface area contributed by atoms with E-state index < -0.39 is 6.10 Å². The molecule has 1 aliphatic rings. The molecule has 0 radical (unpaired) electrons. The Morgan fingerprint density at radius 1 is 1.71 bits per heavy atom. The zero-order valence-electron chi connectivity index (χ0n) is 10.9. The van der Waals surface area contributed by atoms with Crippen LogP contribution in [0.3, 0.4) is 0 Å². The second-order valence-electron chi connectivity index (χ2n) is 4.98. The van der Waals surface area contributed by atoms with Gasteiger partial charge in [-0.15, -0.1) is 6.58 Å². The number of carbonyl (C=O) groups excluding carboxylic acids is 1. The SMILES string of the molecule is C=CCCOC(C)C(=O)NC(C)(CN)C1CC1. The summed E-state index contributed by atoms with van der Waals surface area (Å²) in [6, 6.07) is 0. The monoisotopic (exact) mass is 240 g/mol. The maximum atomic E-state index is 11.9. The number of hydrogen-bond donors (Lipinski definition) is 2. The lowest BCUT2D eigenvalue weighted by atomic mass is 9.95. The largest absolute Gasteiger partial charge is 0.368 e. The lowest BCUT2D eigenvalue weighted by molar-refractivity contribution is -0.133. The van der Waals surface area contributed by atoms with Gasteiger partial charge in [-0.3, -0.25) is 4.79 Å². The van der Waals surface area contributed by atoms with Gasteiger partial charge in [-0.25, -0.2) is 0 Å². The predicted molar refractivity (Wildman–Crippen MR) is 68.6 cm³/mol. The van der Waals surface area contributed by atoms with E-state index in [1.54, 1.807) is 13.0 Å². The molecular weight excluding hydrogens is 216 g/mol. The van der Waals surface area contributed by atoms with Crippen LogP contribution in [0.4, 0.5) is 0 Å². The summed E-state index contributed by atoms with van der Waals surface area (Å²) >= 11 is 0. The maximum Gasteiger partial charge on any atom is 0.249 e. The third kappa shape index (κ3) is 4.13. The molecule has 1 amide bonds. The molecule has 0 aliphatic heterocycles. The molecule has 3 N–H and O–H groups in total. The van der Waals surface area contributed by atoms with E-state index in [1.807, 2.05) is 6.92 Å². The van der Waals surface area contributed by atoms with Gasteiger partial charge < -0.3 is 15.8 Å². The van der Waals surface area contributed by atoms with E-state index in [0.29, 0.717) is 19.1 Å². The molecule has 0 aromatic heterocycles. The van der Waals surface area contributed by atoms with Crippen LogP contribution in [0.2, 0.25) is 0 Å². The van der Waals surface area contributed by atoms with Gasteiger partial charge in [-0.05, 0) is 39.0 Å². The average Bonchev–Trinajstić information content (AvgIpc) is 3.13. The zero-order chi connectivity index (χ0) is 12.9. The third-order valence-electron chi connectivity index (χ3n) is 3.37. The van der Waals surface area contributed by atoms with Gasteiger partial charge in [0.05, 0.1) is 12.1 Å². The molecule has 0 bridgehead atoms. The summed E-state index contributed by atoms with van der Waals surface area (Å²) in [5, 5.41) is 3.02. The van der Waals surface area contributed by atoms with Crippen LogP contribution in [-0.2, 0) is 9.53 Å². The standard InChI is InChI=1S/C13H24N2O2/c1-4-5-8-17-10(2)12(16)15-13(3,9-14)11-6-7-11/h4,10-11H,1,5-9,14H2,2-3H3,(H,15,16). The molecule has 4 nitrogen and oxygen atoms in total. The van der Waals surface area contributed by atoms with Crippen molar-refractivity contribution in [3.63, 3.8) is 0 Å². The summed E-state index contributed by atoms with van der Waals surface area (Å²) in [5.41, 5.74) is 5.48. The normalized spacial score (nSPS) is 20.4. The van der Waals surface area contributed by atoms with E-state index >= 15 is 0 Å². The Morgan fingerprint density at radius 2 is 2.35 bits per heavy atom. The molecule has 0 aromatic carbocycles.